The van der Waals surface area contributed by atoms with E-state index < -0.39 is 5.60 Å². The topological polar surface area (TPSA) is 46.2 Å². The van der Waals surface area contributed by atoms with Crippen LogP contribution in [0.25, 0.3) is 0 Å². The molecule has 4 heteroatoms. The third-order valence-electron chi connectivity index (χ3n) is 4.01. The zero-order chi connectivity index (χ0) is 13.4. The summed E-state index contributed by atoms with van der Waals surface area (Å²) in [5.41, 5.74) is 6.24. The monoisotopic (exact) mass is 287 g/mol. The Bertz CT molecular complexity index is 447. The van der Waals surface area contributed by atoms with Gasteiger partial charge in [0.2, 0.25) is 0 Å². The number of halogens is 2. The summed E-state index contributed by atoms with van der Waals surface area (Å²) < 4.78 is 0. The van der Waals surface area contributed by atoms with Gasteiger partial charge >= 0.3 is 0 Å². The summed E-state index contributed by atoms with van der Waals surface area (Å²) in [7, 11) is 0. The number of rotatable bonds is 2. The normalized spacial score (nSPS) is 32.5. The van der Waals surface area contributed by atoms with Crippen LogP contribution in [0.3, 0.4) is 0 Å². The van der Waals surface area contributed by atoms with Crippen LogP contribution < -0.4 is 5.73 Å². The summed E-state index contributed by atoms with van der Waals surface area (Å²) in [4.78, 5) is 0. The van der Waals surface area contributed by atoms with Crippen molar-refractivity contribution in [2.45, 2.75) is 43.6 Å². The minimum Gasteiger partial charge on any atom is -0.390 e. The summed E-state index contributed by atoms with van der Waals surface area (Å²) in [5.74, 6) is 0. The molecule has 0 spiro atoms. The van der Waals surface area contributed by atoms with E-state index in [-0.39, 0.29) is 5.41 Å². The molecule has 2 rings (SSSR count). The van der Waals surface area contributed by atoms with Crippen LogP contribution >= 0.6 is 23.2 Å². The first-order valence-corrected chi connectivity index (χ1v) is 7.02. The second kappa shape index (κ2) is 5.01. The summed E-state index contributed by atoms with van der Waals surface area (Å²) in [6.07, 6.45) is 3.46. The van der Waals surface area contributed by atoms with E-state index in [1.165, 1.54) is 0 Å². The molecular weight excluding hydrogens is 269 g/mol. The van der Waals surface area contributed by atoms with Gasteiger partial charge < -0.3 is 10.8 Å². The molecule has 1 fully saturated rings. The van der Waals surface area contributed by atoms with Gasteiger partial charge in [-0.25, -0.2) is 0 Å². The Kier molecular flexibility index (Phi) is 3.93. The SMILES string of the molecule is C[C@]1(O)CCC[C@@](CN)(c2ccc(Cl)c(Cl)c2)C1. The highest BCUT2D eigenvalue weighted by atomic mass is 35.5. The maximum atomic E-state index is 10.3. The maximum Gasteiger partial charge on any atom is 0.0628 e. The van der Waals surface area contributed by atoms with Crippen molar-refractivity contribution in [3.63, 3.8) is 0 Å². The molecule has 1 aromatic carbocycles. The quantitative estimate of drug-likeness (QED) is 0.874. The molecule has 0 aliphatic heterocycles. The van der Waals surface area contributed by atoms with Crippen molar-refractivity contribution in [2.24, 2.45) is 5.73 Å². The maximum absolute atomic E-state index is 10.3. The largest absolute Gasteiger partial charge is 0.390 e. The van der Waals surface area contributed by atoms with Crippen molar-refractivity contribution in [1.29, 1.82) is 0 Å². The minimum atomic E-state index is -0.649. The van der Waals surface area contributed by atoms with E-state index in [2.05, 4.69) is 0 Å². The predicted octanol–water partition coefficient (Wildman–Crippen LogP) is 3.51. The first kappa shape index (κ1) is 14.1. The lowest BCUT2D eigenvalue weighted by Crippen LogP contribution is -2.46. The molecule has 0 amide bonds. The van der Waals surface area contributed by atoms with E-state index >= 15 is 0 Å². The Labute approximate surface area is 118 Å². The van der Waals surface area contributed by atoms with E-state index in [0.29, 0.717) is 23.0 Å². The molecule has 1 aromatic rings. The van der Waals surface area contributed by atoms with Crippen molar-refractivity contribution in [3.8, 4) is 0 Å². The van der Waals surface area contributed by atoms with Crippen LogP contribution in [0.15, 0.2) is 18.2 Å². The lowest BCUT2D eigenvalue weighted by Gasteiger charge is -2.44. The highest BCUT2D eigenvalue weighted by Gasteiger charge is 2.41. The Morgan fingerprint density at radius 1 is 1.28 bits per heavy atom. The van der Waals surface area contributed by atoms with Gasteiger partial charge in [-0.05, 0) is 50.3 Å². The van der Waals surface area contributed by atoms with Gasteiger partial charge in [-0.15, -0.1) is 0 Å². The first-order valence-electron chi connectivity index (χ1n) is 6.27. The van der Waals surface area contributed by atoms with Gasteiger partial charge in [0.1, 0.15) is 0 Å². The molecule has 100 valence electrons. The van der Waals surface area contributed by atoms with E-state index in [9.17, 15) is 5.11 Å². The van der Waals surface area contributed by atoms with Gasteiger partial charge in [0, 0.05) is 12.0 Å². The summed E-state index contributed by atoms with van der Waals surface area (Å²) in [6.45, 7) is 2.40. The molecule has 0 radical (unpaired) electrons. The molecule has 1 aliphatic carbocycles. The third-order valence-corrected chi connectivity index (χ3v) is 4.75. The molecule has 1 aliphatic rings. The molecule has 2 nitrogen and oxygen atoms in total. The van der Waals surface area contributed by atoms with Crippen molar-refractivity contribution in [3.05, 3.63) is 33.8 Å². The summed E-state index contributed by atoms with van der Waals surface area (Å²) in [5, 5.41) is 11.4. The van der Waals surface area contributed by atoms with Gasteiger partial charge in [0.15, 0.2) is 0 Å². The van der Waals surface area contributed by atoms with Gasteiger partial charge in [0.25, 0.3) is 0 Å². The molecule has 0 aromatic heterocycles. The fourth-order valence-electron chi connectivity index (χ4n) is 3.08. The predicted molar refractivity (Wildman–Crippen MR) is 76.3 cm³/mol. The van der Waals surface area contributed by atoms with Crippen LogP contribution in [0, 0.1) is 0 Å². The fourth-order valence-corrected chi connectivity index (χ4v) is 3.38. The van der Waals surface area contributed by atoms with Crippen LogP contribution in [0.2, 0.25) is 10.0 Å². The molecule has 0 heterocycles. The smallest absolute Gasteiger partial charge is 0.0628 e. The summed E-state index contributed by atoms with van der Waals surface area (Å²) >= 11 is 12.0. The molecule has 1 saturated carbocycles. The highest BCUT2D eigenvalue weighted by molar-refractivity contribution is 6.42. The Morgan fingerprint density at radius 2 is 2.00 bits per heavy atom. The molecule has 18 heavy (non-hydrogen) atoms. The number of benzene rings is 1. The Hall–Kier alpha value is -0.280. The lowest BCUT2D eigenvalue weighted by molar-refractivity contribution is -0.00819. The van der Waals surface area contributed by atoms with Crippen molar-refractivity contribution in [2.75, 3.05) is 6.54 Å². The fraction of sp³-hybridized carbons (Fsp3) is 0.571. The molecule has 3 N–H and O–H groups in total. The lowest BCUT2D eigenvalue weighted by atomic mass is 9.64. The minimum absolute atomic E-state index is 0.185. The summed E-state index contributed by atoms with van der Waals surface area (Å²) in [6, 6.07) is 5.67. The zero-order valence-corrected chi connectivity index (χ0v) is 12.1. The van der Waals surface area contributed by atoms with E-state index in [1.807, 2.05) is 19.1 Å². The van der Waals surface area contributed by atoms with Crippen LogP contribution in [-0.2, 0) is 5.41 Å². The molecule has 2 atom stereocenters. The van der Waals surface area contributed by atoms with Gasteiger partial charge in [0.05, 0.1) is 15.6 Å². The van der Waals surface area contributed by atoms with E-state index in [1.54, 1.807) is 6.07 Å². The zero-order valence-electron chi connectivity index (χ0n) is 10.5. The molecular formula is C14H19Cl2NO. The van der Waals surface area contributed by atoms with Crippen molar-refractivity contribution in [1.82, 2.24) is 0 Å². The van der Waals surface area contributed by atoms with Gasteiger partial charge in [-0.1, -0.05) is 29.3 Å². The molecule has 0 bridgehead atoms. The van der Waals surface area contributed by atoms with Crippen LogP contribution in [-0.4, -0.2) is 17.3 Å². The average Bonchev–Trinajstić information content (AvgIpc) is 2.31. The number of hydrogen-bond acceptors (Lipinski definition) is 2. The third kappa shape index (κ3) is 2.67. The Morgan fingerprint density at radius 3 is 2.56 bits per heavy atom. The van der Waals surface area contributed by atoms with Crippen molar-refractivity contribution >= 4 is 23.2 Å². The van der Waals surface area contributed by atoms with E-state index in [0.717, 1.165) is 24.8 Å². The Balaban J connectivity index is 2.40. The van der Waals surface area contributed by atoms with Gasteiger partial charge in [-0.2, -0.15) is 0 Å². The van der Waals surface area contributed by atoms with Crippen LogP contribution in [0.1, 0.15) is 38.2 Å². The van der Waals surface area contributed by atoms with Crippen molar-refractivity contribution < 1.29 is 5.11 Å². The molecule has 0 unspecified atom stereocenters. The first-order chi connectivity index (χ1) is 8.38. The number of hydrogen-bond donors (Lipinski definition) is 2. The standard InChI is InChI=1S/C14H19Cl2NO/c1-13(18)5-2-6-14(8-13,9-17)10-3-4-11(15)12(16)7-10/h3-4,7,18H,2,5-6,8-9,17H2,1H3/t13-,14+/m0/s1. The van der Waals surface area contributed by atoms with Crippen LogP contribution in [0.5, 0.6) is 0 Å². The second-order valence-corrected chi connectivity index (χ2v) is 6.46. The van der Waals surface area contributed by atoms with Crippen LogP contribution in [0.4, 0.5) is 0 Å². The molecule has 0 saturated heterocycles. The second-order valence-electron chi connectivity index (χ2n) is 5.64. The average molecular weight is 288 g/mol. The number of aliphatic hydroxyl groups is 1. The van der Waals surface area contributed by atoms with Gasteiger partial charge in [-0.3, -0.25) is 0 Å². The van der Waals surface area contributed by atoms with E-state index in [4.69, 9.17) is 28.9 Å². The highest BCUT2D eigenvalue weighted by Crippen LogP contribution is 2.44. The number of nitrogens with two attached hydrogens (primary N) is 1.